The Morgan fingerprint density at radius 1 is 0.308 bits per heavy atom. The number of hydrogen-bond donors (Lipinski definition) is 0. The molecule has 0 radical (unpaired) electrons. The second kappa shape index (κ2) is 16.2. The molecular weight excluding hydrogens is 945 g/mol. The molecule has 19 rings (SSSR count). The summed E-state index contributed by atoms with van der Waals surface area (Å²) in [6.45, 7) is 0. The molecule has 3 heteroatoms. The van der Waals surface area contributed by atoms with Crippen molar-refractivity contribution in [1.82, 2.24) is 9.13 Å². The lowest BCUT2D eigenvalue weighted by atomic mass is 9.74. The number of furan rings is 1. The van der Waals surface area contributed by atoms with Crippen LogP contribution in [0.15, 0.2) is 247 Å². The van der Waals surface area contributed by atoms with Crippen LogP contribution in [0.5, 0.6) is 0 Å². The largest absolute Gasteiger partial charge is 0.456 e. The molecule has 5 aliphatic carbocycles. The van der Waals surface area contributed by atoms with Crippen molar-refractivity contribution in [2.75, 3.05) is 0 Å². The Kier molecular flexibility index (Phi) is 8.91. The second-order valence-electron chi connectivity index (χ2n) is 23.1. The van der Waals surface area contributed by atoms with Crippen LogP contribution < -0.4 is 0 Å². The summed E-state index contributed by atoms with van der Waals surface area (Å²) in [6.07, 6.45) is 4.10. The third kappa shape index (κ3) is 6.27. The van der Waals surface area contributed by atoms with Crippen LogP contribution in [0.3, 0.4) is 0 Å². The molecule has 3 heterocycles. The average molecular weight is 997 g/mol. The van der Waals surface area contributed by atoms with Gasteiger partial charge in [-0.1, -0.05) is 158 Å². The summed E-state index contributed by atoms with van der Waals surface area (Å²) in [4.78, 5) is 0. The van der Waals surface area contributed by atoms with Crippen molar-refractivity contribution in [3.8, 4) is 67.0 Å². The number of rotatable bonds is 6. The van der Waals surface area contributed by atoms with Crippen molar-refractivity contribution in [2.45, 2.75) is 31.1 Å². The average Bonchev–Trinajstić information content (AvgIpc) is 3.72. The minimum absolute atomic E-state index is 0.638. The van der Waals surface area contributed by atoms with E-state index >= 15 is 0 Å². The molecule has 0 N–H and O–H groups in total. The molecule has 368 valence electrons. The molecular formula is C75H52N2O. The zero-order valence-corrected chi connectivity index (χ0v) is 43.0. The molecule has 6 unspecified atom stereocenters. The van der Waals surface area contributed by atoms with Crippen LogP contribution >= 0.6 is 0 Å². The van der Waals surface area contributed by atoms with Gasteiger partial charge >= 0.3 is 0 Å². The molecule has 3 nitrogen and oxygen atoms in total. The lowest BCUT2D eigenvalue weighted by molar-refractivity contribution is 0.283. The molecule has 14 aromatic rings. The third-order valence-corrected chi connectivity index (χ3v) is 19.3. The van der Waals surface area contributed by atoms with Gasteiger partial charge in [0.2, 0.25) is 0 Å². The number of fused-ring (bicyclic) bond motifs is 9. The SMILES string of the molecule is c1ccc(-c2cccc(-c3ccc(-n4c5ccccc5c5cc(-c6ccc7c(c6)c6ccccc6n7-c6ccc7oc8cc(-c9ccc%10c(c9)C9CC%11CC(c%12ccccc%12-%10)C%10C(C9)C%11%10)ccc8c7c6)ccc54)cc3)c2)cc1. The Labute approximate surface area is 452 Å². The maximum absolute atomic E-state index is 6.74. The molecule has 0 aliphatic heterocycles. The zero-order chi connectivity index (χ0) is 50.7. The number of para-hydroxylation sites is 2. The minimum atomic E-state index is 0.638. The summed E-state index contributed by atoms with van der Waals surface area (Å²) in [5.41, 5.74) is 24.8. The van der Waals surface area contributed by atoms with Gasteiger partial charge in [-0.05, 0) is 206 Å². The topological polar surface area (TPSA) is 23.0 Å². The zero-order valence-electron chi connectivity index (χ0n) is 43.0. The first-order valence-corrected chi connectivity index (χ1v) is 28.2. The van der Waals surface area contributed by atoms with E-state index in [4.69, 9.17) is 4.42 Å². The molecule has 3 fully saturated rings. The normalized spacial score (nSPS) is 19.9. The van der Waals surface area contributed by atoms with E-state index in [-0.39, 0.29) is 0 Å². The van der Waals surface area contributed by atoms with Crippen LogP contribution in [0.2, 0.25) is 0 Å². The summed E-state index contributed by atoms with van der Waals surface area (Å²) in [5, 5.41) is 7.24. The van der Waals surface area contributed by atoms with Gasteiger partial charge in [0.25, 0.3) is 0 Å². The molecule has 3 aromatic heterocycles. The van der Waals surface area contributed by atoms with E-state index < -0.39 is 0 Å². The first-order chi connectivity index (χ1) is 38.6. The van der Waals surface area contributed by atoms with Gasteiger partial charge in [0, 0.05) is 43.7 Å². The van der Waals surface area contributed by atoms with Crippen molar-refractivity contribution in [1.29, 1.82) is 0 Å². The Bertz CT molecular complexity index is 4820. The summed E-state index contributed by atoms with van der Waals surface area (Å²) < 4.78 is 11.6. The lowest BCUT2D eigenvalue weighted by Gasteiger charge is -2.30. The molecule has 5 aliphatic rings. The van der Waals surface area contributed by atoms with Gasteiger partial charge in [-0.15, -0.1) is 0 Å². The summed E-state index contributed by atoms with van der Waals surface area (Å²) in [5.74, 6) is 5.08. The van der Waals surface area contributed by atoms with Crippen LogP contribution in [0.25, 0.3) is 133 Å². The predicted octanol–water partition coefficient (Wildman–Crippen LogP) is 20.0. The summed E-state index contributed by atoms with van der Waals surface area (Å²) in [7, 11) is 0. The summed E-state index contributed by atoms with van der Waals surface area (Å²) in [6, 6.07) is 90.6. The maximum Gasteiger partial charge on any atom is 0.136 e. The molecule has 78 heavy (non-hydrogen) atoms. The maximum atomic E-state index is 6.74. The van der Waals surface area contributed by atoms with E-state index in [0.717, 1.165) is 62.9 Å². The first kappa shape index (κ1) is 43.0. The van der Waals surface area contributed by atoms with Crippen LogP contribution in [-0.4, -0.2) is 9.13 Å². The van der Waals surface area contributed by atoms with Crippen LogP contribution in [0, 0.1) is 23.7 Å². The monoisotopic (exact) mass is 996 g/mol. The fraction of sp³-hybridized carbons (Fsp3) is 0.120. The molecule has 3 saturated carbocycles. The van der Waals surface area contributed by atoms with E-state index in [0.29, 0.717) is 5.92 Å². The molecule has 6 atom stereocenters. The first-order valence-electron chi connectivity index (χ1n) is 28.2. The predicted molar refractivity (Wildman–Crippen MR) is 323 cm³/mol. The molecule has 11 aromatic carbocycles. The van der Waals surface area contributed by atoms with Crippen molar-refractivity contribution < 1.29 is 4.42 Å². The fourth-order valence-electron chi connectivity index (χ4n) is 15.9. The Morgan fingerprint density at radius 3 is 1.63 bits per heavy atom. The van der Waals surface area contributed by atoms with Crippen LogP contribution in [0.1, 0.15) is 42.2 Å². The third-order valence-electron chi connectivity index (χ3n) is 19.3. The van der Waals surface area contributed by atoms with Crippen molar-refractivity contribution in [3.05, 3.63) is 254 Å². The van der Waals surface area contributed by atoms with E-state index in [9.17, 15) is 0 Å². The highest BCUT2D eigenvalue weighted by molar-refractivity contribution is 6.13. The van der Waals surface area contributed by atoms with Gasteiger partial charge in [-0.3, -0.25) is 0 Å². The van der Waals surface area contributed by atoms with Crippen molar-refractivity contribution in [3.63, 3.8) is 0 Å². The van der Waals surface area contributed by atoms with Crippen LogP contribution in [-0.2, 0) is 0 Å². The Morgan fingerprint density at radius 2 is 0.872 bits per heavy atom. The number of aromatic nitrogens is 2. The summed E-state index contributed by atoms with van der Waals surface area (Å²) >= 11 is 0. The van der Waals surface area contributed by atoms with E-state index in [1.807, 2.05) is 0 Å². The van der Waals surface area contributed by atoms with E-state index in [1.165, 1.54) is 119 Å². The van der Waals surface area contributed by atoms with Gasteiger partial charge in [-0.2, -0.15) is 0 Å². The Balaban J connectivity index is 0.688. The molecule has 4 bridgehead atoms. The number of benzene rings is 11. The van der Waals surface area contributed by atoms with Gasteiger partial charge in [-0.25, -0.2) is 0 Å². The highest BCUT2D eigenvalue weighted by Crippen LogP contribution is 2.74. The fourth-order valence-corrected chi connectivity index (χ4v) is 15.9. The Hall–Kier alpha value is -9.18. The van der Waals surface area contributed by atoms with Gasteiger partial charge in [0.15, 0.2) is 0 Å². The smallest absolute Gasteiger partial charge is 0.136 e. The standard InChI is InChI=1S/C75H52N2O/c1-2-11-44(12-3-1)46-13-10-14-47(35-46)45-21-27-54(28-22-45)76-68-19-8-6-17-59(68)63-38-49(25-32-70(63)76)50-26-33-71-64(39-50)60-18-7-9-20-69(60)77(71)55-29-34-72-65(43-55)61-31-24-51(42-73(61)78-72)48-23-30-58-56-15-4-5-16-57(56)66-41-53-36-52(62(58)37-48)40-67-74(53)75(66)67/h1-35,37-39,42-43,52-53,66-67,74-75H,36,40-41H2. The van der Waals surface area contributed by atoms with Gasteiger partial charge < -0.3 is 13.6 Å². The van der Waals surface area contributed by atoms with Crippen molar-refractivity contribution >= 4 is 65.6 Å². The molecule has 0 saturated heterocycles. The van der Waals surface area contributed by atoms with E-state index in [2.05, 4.69) is 252 Å². The van der Waals surface area contributed by atoms with Crippen molar-refractivity contribution in [2.24, 2.45) is 23.7 Å². The molecule has 0 amide bonds. The minimum Gasteiger partial charge on any atom is -0.456 e. The van der Waals surface area contributed by atoms with E-state index in [1.54, 1.807) is 11.1 Å². The number of hydrogen-bond acceptors (Lipinski definition) is 1. The lowest BCUT2D eigenvalue weighted by Crippen LogP contribution is -2.18. The highest BCUT2D eigenvalue weighted by atomic mass is 16.3. The van der Waals surface area contributed by atoms with Gasteiger partial charge in [0.05, 0.1) is 22.1 Å². The quantitative estimate of drug-likeness (QED) is 0.163. The number of nitrogens with zero attached hydrogens (tertiary/aromatic N) is 2. The van der Waals surface area contributed by atoms with Gasteiger partial charge in [0.1, 0.15) is 11.2 Å². The van der Waals surface area contributed by atoms with Crippen LogP contribution in [0.4, 0.5) is 0 Å². The molecule has 0 spiro atoms. The second-order valence-corrected chi connectivity index (χ2v) is 23.1. The highest BCUT2D eigenvalue weighted by Gasteiger charge is 2.65.